The summed E-state index contributed by atoms with van der Waals surface area (Å²) >= 11 is 0. The highest BCUT2D eigenvalue weighted by Gasteiger charge is 2.26. The van der Waals surface area contributed by atoms with Gasteiger partial charge in [0.2, 0.25) is 5.91 Å². The van der Waals surface area contributed by atoms with Crippen molar-refractivity contribution in [1.29, 1.82) is 0 Å². The molecule has 2 aromatic rings. The zero-order valence-electron chi connectivity index (χ0n) is 16.2. The first kappa shape index (κ1) is 19.7. The van der Waals surface area contributed by atoms with Crippen molar-refractivity contribution in [2.75, 3.05) is 5.32 Å². The van der Waals surface area contributed by atoms with Gasteiger partial charge in [-0.15, -0.1) is 0 Å². The fraction of sp³-hybridized carbons (Fsp3) is 0.364. The lowest BCUT2D eigenvalue weighted by atomic mass is 9.99. The monoisotopic (exact) mass is 352 g/mol. The number of amides is 2. The number of hydrogen-bond donors (Lipinski definition) is 2. The fourth-order valence-corrected chi connectivity index (χ4v) is 2.91. The molecule has 0 saturated heterocycles. The molecule has 0 bridgehead atoms. The number of aryl methyl sites for hydroxylation is 1. The Labute approximate surface area is 156 Å². The summed E-state index contributed by atoms with van der Waals surface area (Å²) in [5.41, 5.74) is 3.35. The van der Waals surface area contributed by atoms with Gasteiger partial charge in [-0.25, -0.2) is 0 Å². The normalized spacial score (nSPS) is 12.1. The lowest BCUT2D eigenvalue weighted by molar-refractivity contribution is -0.118. The number of carbonyl (C=O) groups excluding carboxylic acids is 2. The second-order valence-corrected chi connectivity index (χ2v) is 7.24. The van der Waals surface area contributed by atoms with Crippen LogP contribution >= 0.6 is 0 Å². The first-order chi connectivity index (χ1) is 12.3. The molecule has 2 rings (SSSR count). The SMILES string of the molecule is Cc1ccccc1C(=O)NC(C(=O)Nc1ccccc1C(C)C)C(C)C. The van der Waals surface area contributed by atoms with Crippen molar-refractivity contribution in [2.45, 2.75) is 46.6 Å². The molecule has 0 aliphatic heterocycles. The van der Waals surface area contributed by atoms with Crippen molar-refractivity contribution in [3.8, 4) is 0 Å². The number of para-hydroxylation sites is 1. The molecule has 0 aliphatic carbocycles. The Morgan fingerprint density at radius 2 is 1.50 bits per heavy atom. The van der Waals surface area contributed by atoms with Crippen LogP contribution in [0.15, 0.2) is 48.5 Å². The molecule has 0 spiro atoms. The minimum absolute atomic E-state index is 0.0332. The largest absolute Gasteiger partial charge is 0.340 e. The van der Waals surface area contributed by atoms with E-state index in [0.29, 0.717) is 11.5 Å². The van der Waals surface area contributed by atoms with E-state index in [0.717, 1.165) is 16.8 Å². The summed E-state index contributed by atoms with van der Waals surface area (Å²) in [4.78, 5) is 25.5. The van der Waals surface area contributed by atoms with Crippen molar-refractivity contribution in [3.05, 3.63) is 65.2 Å². The summed E-state index contributed by atoms with van der Waals surface area (Å²) in [6.07, 6.45) is 0. The Bertz CT molecular complexity index is 781. The summed E-state index contributed by atoms with van der Waals surface area (Å²) in [7, 11) is 0. The standard InChI is InChI=1S/C22H28N2O2/c1-14(2)17-11-8-9-13-19(17)23-22(26)20(15(3)4)24-21(25)18-12-7-6-10-16(18)5/h6-15,20H,1-5H3,(H,23,26)(H,24,25). The minimum Gasteiger partial charge on any atom is -0.340 e. The lowest BCUT2D eigenvalue weighted by Crippen LogP contribution is -2.47. The zero-order chi connectivity index (χ0) is 19.3. The van der Waals surface area contributed by atoms with E-state index in [1.165, 1.54) is 0 Å². The van der Waals surface area contributed by atoms with Gasteiger partial charge < -0.3 is 10.6 Å². The maximum atomic E-state index is 12.9. The molecule has 0 saturated carbocycles. The molecule has 4 heteroatoms. The highest BCUT2D eigenvalue weighted by Crippen LogP contribution is 2.24. The molecule has 1 unspecified atom stereocenters. The zero-order valence-corrected chi connectivity index (χ0v) is 16.2. The number of rotatable bonds is 6. The Morgan fingerprint density at radius 3 is 2.12 bits per heavy atom. The predicted molar refractivity (Wildman–Crippen MR) is 106 cm³/mol. The molecular formula is C22H28N2O2. The van der Waals surface area contributed by atoms with Crippen LogP contribution in [0.5, 0.6) is 0 Å². The Hall–Kier alpha value is -2.62. The van der Waals surface area contributed by atoms with Crippen LogP contribution in [0.3, 0.4) is 0 Å². The third kappa shape index (κ3) is 4.72. The molecule has 4 nitrogen and oxygen atoms in total. The van der Waals surface area contributed by atoms with Crippen LogP contribution in [0.25, 0.3) is 0 Å². The van der Waals surface area contributed by atoms with Crippen LogP contribution in [0, 0.1) is 12.8 Å². The quantitative estimate of drug-likeness (QED) is 0.803. The van der Waals surface area contributed by atoms with Crippen LogP contribution < -0.4 is 10.6 Å². The molecule has 0 fully saturated rings. The molecule has 0 radical (unpaired) electrons. The van der Waals surface area contributed by atoms with Gasteiger partial charge in [-0.05, 0) is 42.0 Å². The van der Waals surface area contributed by atoms with E-state index in [-0.39, 0.29) is 17.7 Å². The molecule has 0 heterocycles. The summed E-state index contributed by atoms with van der Waals surface area (Å²) in [5.74, 6) is -0.163. The van der Waals surface area contributed by atoms with E-state index in [9.17, 15) is 9.59 Å². The van der Waals surface area contributed by atoms with Gasteiger partial charge in [0.15, 0.2) is 0 Å². The highest BCUT2D eigenvalue weighted by molar-refractivity contribution is 6.02. The van der Waals surface area contributed by atoms with Gasteiger partial charge in [0, 0.05) is 11.3 Å². The van der Waals surface area contributed by atoms with E-state index in [4.69, 9.17) is 0 Å². The third-order valence-electron chi connectivity index (χ3n) is 4.47. The summed E-state index contributed by atoms with van der Waals surface area (Å²) in [6.45, 7) is 9.92. The van der Waals surface area contributed by atoms with Gasteiger partial charge in [0.05, 0.1) is 0 Å². The Morgan fingerprint density at radius 1 is 0.885 bits per heavy atom. The van der Waals surface area contributed by atoms with Crippen molar-refractivity contribution in [2.24, 2.45) is 5.92 Å². The Kier molecular flexibility index (Phi) is 6.56. The number of nitrogens with one attached hydrogen (secondary N) is 2. The number of benzene rings is 2. The molecule has 1 atom stereocenters. The molecule has 2 amide bonds. The summed E-state index contributed by atoms with van der Waals surface area (Å²) < 4.78 is 0. The summed E-state index contributed by atoms with van der Waals surface area (Å²) in [6, 6.07) is 14.5. The van der Waals surface area contributed by atoms with Crippen LogP contribution in [0.4, 0.5) is 5.69 Å². The van der Waals surface area contributed by atoms with Gasteiger partial charge in [-0.1, -0.05) is 64.1 Å². The van der Waals surface area contributed by atoms with E-state index in [1.54, 1.807) is 6.07 Å². The molecule has 26 heavy (non-hydrogen) atoms. The molecule has 0 aliphatic rings. The molecular weight excluding hydrogens is 324 g/mol. The maximum Gasteiger partial charge on any atom is 0.252 e. The van der Waals surface area contributed by atoms with Gasteiger partial charge in [-0.2, -0.15) is 0 Å². The first-order valence-corrected chi connectivity index (χ1v) is 9.07. The highest BCUT2D eigenvalue weighted by atomic mass is 16.2. The van der Waals surface area contributed by atoms with Gasteiger partial charge in [-0.3, -0.25) is 9.59 Å². The number of anilines is 1. The van der Waals surface area contributed by atoms with Crippen LogP contribution in [0.2, 0.25) is 0 Å². The van der Waals surface area contributed by atoms with E-state index in [2.05, 4.69) is 24.5 Å². The second kappa shape index (κ2) is 8.65. The topological polar surface area (TPSA) is 58.2 Å². The first-order valence-electron chi connectivity index (χ1n) is 9.07. The summed E-state index contributed by atoms with van der Waals surface area (Å²) in [5, 5.41) is 5.88. The smallest absolute Gasteiger partial charge is 0.252 e. The second-order valence-electron chi connectivity index (χ2n) is 7.24. The van der Waals surface area contributed by atoms with Gasteiger partial charge >= 0.3 is 0 Å². The van der Waals surface area contributed by atoms with E-state index < -0.39 is 6.04 Å². The average molecular weight is 352 g/mol. The van der Waals surface area contributed by atoms with Crippen molar-refractivity contribution >= 4 is 17.5 Å². The van der Waals surface area contributed by atoms with Crippen molar-refractivity contribution in [3.63, 3.8) is 0 Å². The fourth-order valence-electron chi connectivity index (χ4n) is 2.91. The van der Waals surface area contributed by atoms with Gasteiger partial charge in [0.25, 0.3) is 5.91 Å². The van der Waals surface area contributed by atoms with Crippen LogP contribution in [0.1, 0.15) is 55.1 Å². The maximum absolute atomic E-state index is 12.9. The number of hydrogen-bond acceptors (Lipinski definition) is 2. The van der Waals surface area contributed by atoms with Crippen LogP contribution in [-0.2, 0) is 4.79 Å². The molecule has 2 aromatic carbocycles. The number of carbonyl (C=O) groups is 2. The van der Waals surface area contributed by atoms with E-state index in [1.807, 2.05) is 63.2 Å². The molecule has 138 valence electrons. The predicted octanol–water partition coefficient (Wildman–Crippen LogP) is 4.51. The molecule has 2 N–H and O–H groups in total. The Balaban J connectivity index is 2.18. The average Bonchev–Trinajstić information content (AvgIpc) is 2.59. The minimum atomic E-state index is -0.609. The van der Waals surface area contributed by atoms with Gasteiger partial charge in [0.1, 0.15) is 6.04 Å². The third-order valence-corrected chi connectivity index (χ3v) is 4.47. The van der Waals surface area contributed by atoms with Crippen molar-refractivity contribution in [1.82, 2.24) is 5.32 Å². The van der Waals surface area contributed by atoms with E-state index >= 15 is 0 Å². The van der Waals surface area contributed by atoms with Crippen LogP contribution in [-0.4, -0.2) is 17.9 Å². The van der Waals surface area contributed by atoms with Crippen molar-refractivity contribution < 1.29 is 9.59 Å². The lowest BCUT2D eigenvalue weighted by Gasteiger charge is -2.23. The molecule has 0 aromatic heterocycles.